The van der Waals surface area contributed by atoms with Gasteiger partial charge < -0.3 is 5.32 Å². The van der Waals surface area contributed by atoms with Gasteiger partial charge in [-0.05, 0) is 56.0 Å². The van der Waals surface area contributed by atoms with Crippen molar-refractivity contribution in [1.29, 1.82) is 0 Å². The van der Waals surface area contributed by atoms with Crippen LogP contribution in [-0.4, -0.2) is 31.7 Å². The fraction of sp³-hybridized carbons (Fsp3) is 0.350. The van der Waals surface area contributed by atoms with E-state index >= 15 is 0 Å². The SMILES string of the molecule is Cc1ccc(CCC(=O)Nc2ccc(S(=O)(=O)N3CCCC3)cc2)cc1. The number of aryl methyl sites for hydroxylation is 2. The van der Waals surface area contributed by atoms with Gasteiger partial charge in [0.15, 0.2) is 0 Å². The molecule has 5 nitrogen and oxygen atoms in total. The number of hydrogen-bond acceptors (Lipinski definition) is 3. The second kappa shape index (κ2) is 8.01. The van der Waals surface area contributed by atoms with E-state index in [-0.39, 0.29) is 10.8 Å². The summed E-state index contributed by atoms with van der Waals surface area (Å²) in [7, 11) is -3.41. The molecule has 26 heavy (non-hydrogen) atoms. The molecule has 1 amide bonds. The minimum Gasteiger partial charge on any atom is -0.326 e. The van der Waals surface area contributed by atoms with E-state index in [0.29, 0.717) is 31.6 Å². The Hall–Kier alpha value is -2.18. The lowest BCUT2D eigenvalue weighted by atomic mass is 10.1. The fourth-order valence-electron chi connectivity index (χ4n) is 3.02. The van der Waals surface area contributed by atoms with Gasteiger partial charge in [-0.25, -0.2) is 8.42 Å². The highest BCUT2D eigenvalue weighted by Gasteiger charge is 2.26. The molecule has 0 bridgehead atoms. The standard InChI is InChI=1S/C20H24N2O3S/c1-16-4-6-17(7-5-16)8-13-20(23)21-18-9-11-19(12-10-18)26(24,25)22-14-2-3-15-22/h4-7,9-12H,2-3,8,13-15H2,1H3,(H,21,23). The number of carbonyl (C=O) groups is 1. The number of amides is 1. The van der Waals surface area contributed by atoms with Crippen molar-refractivity contribution in [3.05, 3.63) is 59.7 Å². The smallest absolute Gasteiger partial charge is 0.243 e. The normalized spacial score (nSPS) is 15.1. The summed E-state index contributed by atoms with van der Waals surface area (Å²) in [5.41, 5.74) is 2.93. The van der Waals surface area contributed by atoms with Crippen molar-refractivity contribution in [2.75, 3.05) is 18.4 Å². The molecular formula is C20H24N2O3S. The number of rotatable bonds is 6. The Balaban J connectivity index is 1.56. The highest BCUT2D eigenvalue weighted by atomic mass is 32.2. The molecule has 2 aromatic rings. The van der Waals surface area contributed by atoms with E-state index in [1.165, 1.54) is 9.87 Å². The van der Waals surface area contributed by atoms with Crippen molar-refractivity contribution in [2.45, 2.75) is 37.5 Å². The summed E-state index contributed by atoms with van der Waals surface area (Å²) in [6.45, 7) is 3.20. The molecule has 1 aliphatic heterocycles. The van der Waals surface area contributed by atoms with Crippen LogP contribution in [0, 0.1) is 6.92 Å². The molecule has 0 aromatic heterocycles. The topological polar surface area (TPSA) is 66.5 Å². The Kier molecular flexibility index (Phi) is 5.74. The summed E-state index contributed by atoms with van der Waals surface area (Å²) in [6, 6.07) is 14.5. The van der Waals surface area contributed by atoms with Gasteiger partial charge in [-0.1, -0.05) is 29.8 Å². The lowest BCUT2D eigenvalue weighted by molar-refractivity contribution is -0.116. The number of benzene rings is 2. The average molecular weight is 372 g/mol. The van der Waals surface area contributed by atoms with Gasteiger partial charge in [0.25, 0.3) is 0 Å². The van der Waals surface area contributed by atoms with Gasteiger partial charge in [0.2, 0.25) is 15.9 Å². The fourth-order valence-corrected chi connectivity index (χ4v) is 4.54. The summed E-state index contributed by atoms with van der Waals surface area (Å²) in [5, 5.41) is 2.82. The molecule has 138 valence electrons. The number of hydrogen-bond donors (Lipinski definition) is 1. The lowest BCUT2D eigenvalue weighted by Crippen LogP contribution is -2.27. The Morgan fingerprint density at radius 1 is 1.00 bits per heavy atom. The third-order valence-corrected chi connectivity index (χ3v) is 6.52. The number of sulfonamides is 1. The molecule has 1 N–H and O–H groups in total. The molecule has 3 rings (SSSR count). The second-order valence-electron chi connectivity index (χ2n) is 6.67. The largest absolute Gasteiger partial charge is 0.326 e. The molecule has 1 aliphatic rings. The third-order valence-electron chi connectivity index (χ3n) is 4.60. The summed E-state index contributed by atoms with van der Waals surface area (Å²) in [4.78, 5) is 12.4. The molecule has 0 aliphatic carbocycles. The Bertz CT molecular complexity index is 853. The van der Waals surface area contributed by atoms with Crippen LogP contribution < -0.4 is 5.32 Å². The van der Waals surface area contributed by atoms with Gasteiger partial charge in [-0.3, -0.25) is 4.79 Å². The number of anilines is 1. The highest BCUT2D eigenvalue weighted by molar-refractivity contribution is 7.89. The summed E-state index contributed by atoms with van der Waals surface area (Å²) in [6.07, 6.45) is 2.88. The van der Waals surface area contributed by atoms with Gasteiger partial charge in [0.05, 0.1) is 4.90 Å². The van der Waals surface area contributed by atoms with Crippen molar-refractivity contribution >= 4 is 21.6 Å². The zero-order valence-electron chi connectivity index (χ0n) is 14.9. The molecule has 0 spiro atoms. The van der Waals surface area contributed by atoms with Gasteiger partial charge in [-0.2, -0.15) is 4.31 Å². The van der Waals surface area contributed by atoms with E-state index in [0.717, 1.165) is 18.4 Å². The lowest BCUT2D eigenvalue weighted by Gasteiger charge is -2.15. The average Bonchev–Trinajstić information content (AvgIpc) is 3.17. The van der Waals surface area contributed by atoms with Crippen molar-refractivity contribution in [1.82, 2.24) is 4.31 Å². The van der Waals surface area contributed by atoms with Crippen molar-refractivity contribution < 1.29 is 13.2 Å². The van der Waals surface area contributed by atoms with Crippen LogP contribution in [0.2, 0.25) is 0 Å². The van der Waals surface area contributed by atoms with Crippen LogP contribution >= 0.6 is 0 Å². The highest BCUT2D eigenvalue weighted by Crippen LogP contribution is 2.22. The zero-order chi connectivity index (χ0) is 18.6. The molecule has 0 radical (unpaired) electrons. The van der Waals surface area contributed by atoms with Crippen LogP contribution in [0.25, 0.3) is 0 Å². The number of nitrogens with zero attached hydrogens (tertiary/aromatic N) is 1. The molecule has 6 heteroatoms. The zero-order valence-corrected chi connectivity index (χ0v) is 15.8. The summed E-state index contributed by atoms with van der Waals surface area (Å²) in [5.74, 6) is -0.0827. The maximum Gasteiger partial charge on any atom is 0.243 e. The maximum absolute atomic E-state index is 12.5. The Morgan fingerprint density at radius 3 is 2.23 bits per heavy atom. The van der Waals surface area contributed by atoms with Crippen molar-refractivity contribution in [2.24, 2.45) is 0 Å². The number of nitrogens with one attached hydrogen (secondary N) is 1. The van der Waals surface area contributed by atoms with Gasteiger partial charge >= 0.3 is 0 Å². The predicted molar refractivity (Wildman–Crippen MR) is 103 cm³/mol. The van der Waals surface area contributed by atoms with Gasteiger partial charge in [0.1, 0.15) is 0 Å². The monoisotopic (exact) mass is 372 g/mol. The van der Waals surface area contributed by atoms with Crippen LogP contribution in [0.15, 0.2) is 53.4 Å². The molecule has 0 atom stereocenters. The van der Waals surface area contributed by atoms with Crippen LogP contribution in [0.3, 0.4) is 0 Å². The quantitative estimate of drug-likeness (QED) is 0.846. The molecule has 1 fully saturated rings. The van der Waals surface area contributed by atoms with Crippen LogP contribution in [0.4, 0.5) is 5.69 Å². The maximum atomic E-state index is 12.5. The van der Waals surface area contributed by atoms with Gasteiger partial charge in [0, 0.05) is 25.2 Å². The Morgan fingerprint density at radius 2 is 1.62 bits per heavy atom. The minimum atomic E-state index is -3.41. The van der Waals surface area contributed by atoms with Crippen LogP contribution in [0.1, 0.15) is 30.4 Å². The van der Waals surface area contributed by atoms with E-state index in [9.17, 15) is 13.2 Å². The number of carbonyl (C=O) groups excluding carboxylic acids is 1. The summed E-state index contributed by atoms with van der Waals surface area (Å²) < 4.78 is 26.5. The summed E-state index contributed by atoms with van der Waals surface area (Å²) >= 11 is 0. The molecule has 1 saturated heterocycles. The molecule has 2 aromatic carbocycles. The molecule has 0 unspecified atom stereocenters. The van der Waals surface area contributed by atoms with Crippen LogP contribution in [-0.2, 0) is 21.2 Å². The van der Waals surface area contributed by atoms with E-state index < -0.39 is 10.0 Å². The Labute approximate surface area is 155 Å². The second-order valence-corrected chi connectivity index (χ2v) is 8.61. The van der Waals surface area contributed by atoms with E-state index in [1.807, 2.05) is 31.2 Å². The molecular weight excluding hydrogens is 348 g/mol. The first-order chi connectivity index (χ1) is 12.4. The molecule has 1 heterocycles. The first kappa shape index (κ1) is 18.6. The minimum absolute atomic E-state index is 0.0827. The predicted octanol–water partition coefficient (Wildman–Crippen LogP) is 3.35. The first-order valence-electron chi connectivity index (χ1n) is 8.91. The molecule has 0 saturated carbocycles. The van der Waals surface area contributed by atoms with Crippen LogP contribution in [0.5, 0.6) is 0 Å². The van der Waals surface area contributed by atoms with E-state index in [4.69, 9.17) is 0 Å². The van der Waals surface area contributed by atoms with Crippen molar-refractivity contribution in [3.63, 3.8) is 0 Å². The van der Waals surface area contributed by atoms with Gasteiger partial charge in [-0.15, -0.1) is 0 Å². The van der Waals surface area contributed by atoms with Crippen molar-refractivity contribution in [3.8, 4) is 0 Å². The first-order valence-corrected chi connectivity index (χ1v) is 10.3. The third kappa shape index (κ3) is 4.51. The van der Waals surface area contributed by atoms with E-state index in [1.54, 1.807) is 24.3 Å². The van der Waals surface area contributed by atoms with E-state index in [2.05, 4.69) is 5.32 Å².